The van der Waals surface area contributed by atoms with Crippen molar-refractivity contribution in [3.63, 3.8) is 0 Å². The molecule has 0 aromatic carbocycles. The number of carbonyl (C=O) groups is 1. The number of nitrogens with zero attached hydrogens (tertiary/aromatic N) is 1. The van der Waals surface area contributed by atoms with Crippen molar-refractivity contribution in [1.29, 1.82) is 0 Å². The lowest BCUT2D eigenvalue weighted by Gasteiger charge is -2.42. The van der Waals surface area contributed by atoms with Crippen molar-refractivity contribution in [1.82, 2.24) is 4.98 Å². The standard InChI is InChI=1S/C34H49NO5S/c1-21(20-36)31(39)40-30(34(15-16-34)32-35-19-22(2)41-32)9-5-8-26-12-13-28-24(7-6-14-33(26,28)4)10-11-25-17-27(37)18-29(38)23(25)3/h10-11,19,21,26-30,36-38H,3,5-9,12-18,20H2,1-2,4H3/b24-10+,25-11-/t21?,26?,27-,28?,29+,30?,33?/m1/s1. The number of aliphatic hydroxyl groups is 3. The van der Waals surface area contributed by atoms with E-state index in [1.165, 1.54) is 36.1 Å². The Labute approximate surface area is 249 Å². The van der Waals surface area contributed by atoms with E-state index in [9.17, 15) is 20.1 Å². The van der Waals surface area contributed by atoms with Crippen LogP contribution in [-0.2, 0) is 14.9 Å². The van der Waals surface area contributed by atoms with Crippen LogP contribution in [0, 0.1) is 30.1 Å². The molecule has 4 aliphatic rings. The molecule has 0 radical (unpaired) electrons. The van der Waals surface area contributed by atoms with Crippen LogP contribution in [0.5, 0.6) is 0 Å². The Bertz CT molecular complexity index is 1180. The number of fused-ring (bicyclic) bond motifs is 1. The van der Waals surface area contributed by atoms with Gasteiger partial charge in [0.25, 0.3) is 0 Å². The van der Waals surface area contributed by atoms with Crippen LogP contribution in [0.25, 0.3) is 0 Å². The van der Waals surface area contributed by atoms with Crippen molar-refractivity contribution in [2.75, 3.05) is 6.61 Å². The number of aliphatic hydroxyl groups excluding tert-OH is 3. The van der Waals surface area contributed by atoms with Crippen molar-refractivity contribution >= 4 is 17.3 Å². The van der Waals surface area contributed by atoms with Crippen LogP contribution in [0.2, 0.25) is 0 Å². The summed E-state index contributed by atoms with van der Waals surface area (Å²) in [5.41, 5.74) is 3.35. The van der Waals surface area contributed by atoms with E-state index in [2.05, 4.69) is 32.6 Å². The number of carbonyl (C=O) groups excluding carboxylic acids is 1. The fourth-order valence-electron chi connectivity index (χ4n) is 8.01. The first-order valence-corrected chi connectivity index (χ1v) is 16.6. The number of rotatable bonds is 10. The van der Waals surface area contributed by atoms with Gasteiger partial charge in [-0.25, -0.2) is 4.98 Å². The third kappa shape index (κ3) is 6.29. The molecule has 1 aromatic heterocycles. The maximum Gasteiger partial charge on any atom is 0.311 e. The first kappa shape index (κ1) is 30.7. The van der Waals surface area contributed by atoms with Gasteiger partial charge >= 0.3 is 5.97 Å². The number of ether oxygens (including phenoxy) is 1. The first-order valence-electron chi connectivity index (χ1n) is 15.8. The van der Waals surface area contributed by atoms with Gasteiger partial charge in [-0.1, -0.05) is 31.2 Å². The van der Waals surface area contributed by atoms with Gasteiger partial charge in [-0.15, -0.1) is 11.3 Å². The van der Waals surface area contributed by atoms with Gasteiger partial charge < -0.3 is 20.1 Å². The zero-order valence-electron chi connectivity index (χ0n) is 25.1. The van der Waals surface area contributed by atoms with Gasteiger partial charge in [0.1, 0.15) is 11.1 Å². The predicted molar refractivity (Wildman–Crippen MR) is 162 cm³/mol. The Hall–Kier alpha value is -1.80. The van der Waals surface area contributed by atoms with Gasteiger partial charge in [0, 0.05) is 17.5 Å². The topological polar surface area (TPSA) is 99.9 Å². The minimum Gasteiger partial charge on any atom is -0.461 e. The highest BCUT2D eigenvalue weighted by Crippen LogP contribution is 2.59. The van der Waals surface area contributed by atoms with Crippen LogP contribution in [-0.4, -0.2) is 51.2 Å². The van der Waals surface area contributed by atoms with Crippen LogP contribution < -0.4 is 0 Å². The molecule has 1 heterocycles. The average Bonchev–Trinajstić information content (AvgIpc) is 3.52. The molecule has 3 N–H and O–H groups in total. The molecule has 0 bridgehead atoms. The van der Waals surface area contributed by atoms with E-state index >= 15 is 0 Å². The predicted octanol–water partition coefficient (Wildman–Crippen LogP) is 6.33. The lowest BCUT2D eigenvalue weighted by Crippen LogP contribution is -2.35. The van der Waals surface area contributed by atoms with Gasteiger partial charge in [-0.3, -0.25) is 4.79 Å². The van der Waals surface area contributed by atoms with Crippen molar-refractivity contribution < 1.29 is 24.9 Å². The Kier molecular flexibility index (Phi) is 9.30. The fourth-order valence-corrected chi connectivity index (χ4v) is 9.06. The Morgan fingerprint density at radius 3 is 2.73 bits per heavy atom. The highest BCUT2D eigenvalue weighted by Gasteiger charge is 2.55. The molecule has 0 spiro atoms. The number of esters is 1. The second kappa shape index (κ2) is 12.4. The number of aromatic nitrogens is 1. The smallest absolute Gasteiger partial charge is 0.311 e. The molecule has 4 saturated carbocycles. The van der Waals surface area contributed by atoms with E-state index in [0.717, 1.165) is 54.7 Å². The first-order chi connectivity index (χ1) is 19.6. The van der Waals surface area contributed by atoms with Gasteiger partial charge in [0.05, 0.1) is 30.1 Å². The fraction of sp³-hybridized carbons (Fsp3) is 0.706. The number of allylic oxidation sites excluding steroid dienone is 3. The van der Waals surface area contributed by atoms with Crippen LogP contribution in [0.3, 0.4) is 0 Å². The minimum atomic E-state index is -0.653. The summed E-state index contributed by atoms with van der Waals surface area (Å²) in [6.45, 7) is 10.2. The third-order valence-electron chi connectivity index (χ3n) is 10.8. The molecule has 41 heavy (non-hydrogen) atoms. The SMILES string of the molecule is C=C1/C(=C\C=C2/CCCC3(C)C(CCCC(OC(=O)C(C)CO)C4(c5ncc(C)s5)CC4)CCC23)C[C@@H](O)C[C@@H]1O. The summed E-state index contributed by atoms with van der Waals surface area (Å²) in [6, 6.07) is 0. The van der Waals surface area contributed by atoms with E-state index in [-0.39, 0.29) is 29.5 Å². The van der Waals surface area contributed by atoms with Crippen molar-refractivity contribution in [2.45, 2.75) is 122 Å². The quantitative estimate of drug-likeness (QED) is 0.278. The average molecular weight is 584 g/mol. The number of hydrogen-bond acceptors (Lipinski definition) is 7. The maximum absolute atomic E-state index is 12.8. The Morgan fingerprint density at radius 2 is 2.05 bits per heavy atom. The second-order valence-electron chi connectivity index (χ2n) is 13.6. The zero-order valence-corrected chi connectivity index (χ0v) is 25.9. The summed E-state index contributed by atoms with van der Waals surface area (Å²) in [4.78, 5) is 18.7. The monoisotopic (exact) mass is 583 g/mol. The highest BCUT2D eigenvalue weighted by atomic mass is 32.1. The van der Waals surface area contributed by atoms with E-state index in [1.807, 2.05) is 6.20 Å². The summed E-state index contributed by atoms with van der Waals surface area (Å²) < 4.78 is 6.13. The van der Waals surface area contributed by atoms with Gasteiger partial charge in [-0.2, -0.15) is 0 Å². The molecule has 226 valence electrons. The van der Waals surface area contributed by atoms with Crippen molar-refractivity contribution in [3.8, 4) is 0 Å². The molecule has 7 heteroatoms. The molecule has 6 nitrogen and oxygen atoms in total. The summed E-state index contributed by atoms with van der Waals surface area (Å²) in [6.07, 6.45) is 16.9. The molecular formula is C34H49NO5S. The normalized spacial score (nSPS) is 34.4. The molecule has 4 aliphatic carbocycles. The van der Waals surface area contributed by atoms with Crippen LogP contribution >= 0.6 is 11.3 Å². The molecule has 1 aromatic rings. The number of aryl methyl sites for hydroxylation is 1. The van der Waals surface area contributed by atoms with E-state index in [0.29, 0.717) is 24.7 Å². The second-order valence-corrected chi connectivity index (χ2v) is 14.9. The van der Waals surface area contributed by atoms with Gasteiger partial charge in [0.2, 0.25) is 0 Å². The molecule has 7 atom stereocenters. The van der Waals surface area contributed by atoms with Crippen molar-refractivity contribution in [3.05, 3.63) is 51.5 Å². The molecular weight excluding hydrogens is 534 g/mol. The molecule has 5 rings (SSSR count). The van der Waals surface area contributed by atoms with E-state index in [1.54, 1.807) is 18.3 Å². The lowest BCUT2D eigenvalue weighted by molar-refractivity contribution is -0.157. The summed E-state index contributed by atoms with van der Waals surface area (Å²) in [5, 5.41) is 31.0. The Balaban J connectivity index is 1.25. The summed E-state index contributed by atoms with van der Waals surface area (Å²) >= 11 is 1.72. The molecule has 4 fully saturated rings. The van der Waals surface area contributed by atoms with Gasteiger partial charge in [0.15, 0.2) is 0 Å². The lowest BCUT2D eigenvalue weighted by atomic mass is 9.62. The summed E-state index contributed by atoms with van der Waals surface area (Å²) in [7, 11) is 0. The van der Waals surface area contributed by atoms with Crippen molar-refractivity contribution in [2.24, 2.45) is 23.2 Å². The molecule has 0 amide bonds. The largest absolute Gasteiger partial charge is 0.461 e. The third-order valence-corrected chi connectivity index (χ3v) is 12.0. The molecule has 0 saturated heterocycles. The van der Waals surface area contributed by atoms with Crippen LogP contribution in [0.1, 0.15) is 101 Å². The zero-order chi connectivity index (χ0) is 29.4. The van der Waals surface area contributed by atoms with Crippen LogP contribution in [0.4, 0.5) is 0 Å². The van der Waals surface area contributed by atoms with E-state index in [4.69, 9.17) is 9.72 Å². The van der Waals surface area contributed by atoms with E-state index < -0.39 is 18.1 Å². The van der Waals surface area contributed by atoms with Crippen LogP contribution in [0.15, 0.2) is 41.6 Å². The minimum absolute atomic E-state index is 0.162. The summed E-state index contributed by atoms with van der Waals surface area (Å²) in [5.74, 6) is 0.390. The number of thiazole rings is 1. The Morgan fingerprint density at radius 1 is 1.27 bits per heavy atom. The number of hydrogen-bond donors (Lipinski definition) is 3. The molecule has 0 aliphatic heterocycles. The highest BCUT2D eigenvalue weighted by molar-refractivity contribution is 7.11. The van der Waals surface area contributed by atoms with Gasteiger partial charge in [-0.05, 0) is 113 Å². The molecule has 5 unspecified atom stereocenters. The maximum atomic E-state index is 12.8.